The largest absolute Gasteiger partial charge is 0.508 e. The third-order valence-electron chi connectivity index (χ3n) is 10.9. The summed E-state index contributed by atoms with van der Waals surface area (Å²) in [4.78, 5) is 52.1. The maximum atomic E-state index is 12.6. The number of carbonyl (C=O) groups excluding carboxylic acids is 4. The average Bonchev–Trinajstić information content (AvgIpc) is 3.25. The molecule has 0 aromatic carbocycles. The Kier molecular flexibility index (Phi) is 42.1. The quantitative estimate of drug-likeness (QED) is 0.0254. The Labute approximate surface area is 367 Å². The highest BCUT2D eigenvalue weighted by Gasteiger charge is 2.19. The number of hydrogen-bond donors (Lipinski definition) is 0. The predicted molar refractivity (Wildman–Crippen MR) is 245 cm³/mol. The van der Waals surface area contributed by atoms with E-state index in [0.29, 0.717) is 38.2 Å². The summed E-state index contributed by atoms with van der Waals surface area (Å²) in [5.41, 5.74) is 0. The first-order valence-corrected chi connectivity index (χ1v) is 24.6. The van der Waals surface area contributed by atoms with Gasteiger partial charge in [-0.25, -0.2) is 4.79 Å². The molecule has 2 atom stereocenters. The first-order chi connectivity index (χ1) is 29.3. The molecule has 350 valence electrons. The van der Waals surface area contributed by atoms with E-state index in [0.717, 1.165) is 103 Å². The maximum Gasteiger partial charge on any atom is 0.508 e. The van der Waals surface area contributed by atoms with E-state index in [2.05, 4.69) is 63.8 Å². The number of rotatable bonds is 43. The van der Waals surface area contributed by atoms with Crippen LogP contribution < -0.4 is 0 Å². The smallest absolute Gasteiger partial charge is 0.465 e. The molecule has 0 saturated carbocycles. The molecule has 0 radical (unpaired) electrons. The van der Waals surface area contributed by atoms with Crippen LogP contribution in [-0.4, -0.2) is 81.6 Å². The number of ether oxygens (including phenoxy) is 5. The van der Waals surface area contributed by atoms with Gasteiger partial charge in [0, 0.05) is 25.8 Å². The first kappa shape index (κ1) is 57.1. The normalized spacial score (nSPS) is 12.6. The Morgan fingerprint density at radius 2 is 0.867 bits per heavy atom. The van der Waals surface area contributed by atoms with Crippen molar-refractivity contribution in [3.8, 4) is 0 Å². The van der Waals surface area contributed by atoms with E-state index in [1.165, 1.54) is 57.8 Å². The summed E-state index contributed by atoms with van der Waals surface area (Å²) in [5, 5.41) is 0. The van der Waals surface area contributed by atoms with Gasteiger partial charge >= 0.3 is 24.1 Å². The topological polar surface area (TPSA) is 118 Å². The Morgan fingerprint density at radius 1 is 0.433 bits per heavy atom. The highest BCUT2D eigenvalue weighted by atomic mass is 16.7. The van der Waals surface area contributed by atoms with Crippen molar-refractivity contribution in [2.24, 2.45) is 11.8 Å². The molecule has 0 rings (SSSR count). The Hall–Kier alpha value is -2.88. The molecule has 0 amide bonds. The van der Waals surface area contributed by atoms with Crippen molar-refractivity contribution < 1.29 is 42.9 Å². The van der Waals surface area contributed by atoms with E-state index in [-0.39, 0.29) is 50.8 Å². The molecule has 0 aliphatic carbocycles. The molecule has 60 heavy (non-hydrogen) atoms. The van der Waals surface area contributed by atoms with Gasteiger partial charge in [0.05, 0.1) is 19.1 Å². The zero-order valence-electron chi connectivity index (χ0n) is 39.3. The molecule has 0 heterocycles. The molecule has 0 bridgehead atoms. The molecule has 10 nitrogen and oxygen atoms in total. The van der Waals surface area contributed by atoms with Crippen LogP contribution in [0.4, 0.5) is 4.79 Å². The number of hydrogen-bond acceptors (Lipinski definition) is 10. The summed E-state index contributed by atoms with van der Waals surface area (Å²) in [6.07, 6.45) is 34.6. The minimum Gasteiger partial charge on any atom is -0.465 e. The number of esters is 3. The Bertz CT molecular complexity index is 1070. The molecule has 0 saturated heterocycles. The monoisotopic (exact) mass is 850 g/mol. The maximum absolute atomic E-state index is 12.6. The van der Waals surface area contributed by atoms with E-state index in [4.69, 9.17) is 23.7 Å². The van der Waals surface area contributed by atoms with Gasteiger partial charge in [0.15, 0.2) is 0 Å². The molecule has 2 unspecified atom stereocenters. The molecule has 10 heteroatoms. The van der Waals surface area contributed by atoms with Crippen molar-refractivity contribution in [1.82, 2.24) is 4.90 Å². The zero-order chi connectivity index (χ0) is 44.2. The third kappa shape index (κ3) is 39.3. The van der Waals surface area contributed by atoms with Crippen LogP contribution in [0.5, 0.6) is 0 Å². The predicted octanol–water partition coefficient (Wildman–Crippen LogP) is 13.0. The van der Waals surface area contributed by atoms with Crippen molar-refractivity contribution in [3.05, 3.63) is 24.3 Å². The van der Waals surface area contributed by atoms with Gasteiger partial charge in [0.25, 0.3) is 0 Å². The Balaban J connectivity index is 4.52. The summed E-state index contributed by atoms with van der Waals surface area (Å²) in [6.45, 7) is 14.2. The minimum atomic E-state index is -0.787. The summed E-state index contributed by atoms with van der Waals surface area (Å²) in [7, 11) is 0. The van der Waals surface area contributed by atoms with Crippen LogP contribution in [0.25, 0.3) is 0 Å². The van der Waals surface area contributed by atoms with E-state index in [1.54, 1.807) is 0 Å². The minimum absolute atomic E-state index is 0.0179. The van der Waals surface area contributed by atoms with Crippen LogP contribution in [0, 0.1) is 11.8 Å². The van der Waals surface area contributed by atoms with Gasteiger partial charge in [0.1, 0.15) is 19.8 Å². The van der Waals surface area contributed by atoms with Gasteiger partial charge in [-0.2, -0.15) is 0 Å². The lowest BCUT2D eigenvalue weighted by Gasteiger charge is -2.18. The molecule has 0 spiro atoms. The van der Waals surface area contributed by atoms with Crippen molar-refractivity contribution in [2.75, 3.05) is 52.7 Å². The van der Waals surface area contributed by atoms with Crippen molar-refractivity contribution >= 4 is 24.1 Å². The summed E-state index contributed by atoms with van der Waals surface area (Å²) >= 11 is 0. The Morgan fingerprint density at radius 3 is 1.40 bits per heavy atom. The molecule has 0 aliphatic rings. The number of carbonyl (C=O) groups is 4. The first-order valence-electron chi connectivity index (χ1n) is 24.6. The van der Waals surface area contributed by atoms with Crippen LogP contribution in [0.2, 0.25) is 0 Å². The molecule has 0 aromatic rings. The van der Waals surface area contributed by atoms with Gasteiger partial charge < -0.3 is 28.6 Å². The molecule has 0 aromatic heterocycles. The lowest BCUT2D eigenvalue weighted by atomic mass is 9.96. The van der Waals surface area contributed by atoms with Crippen LogP contribution in [0.1, 0.15) is 208 Å². The van der Waals surface area contributed by atoms with Gasteiger partial charge in [0.2, 0.25) is 0 Å². The third-order valence-corrected chi connectivity index (χ3v) is 10.9. The van der Waals surface area contributed by atoms with E-state index in [1.807, 2.05) is 0 Å². The molecule has 0 fully saturated rings. The SMILES string of the molecule is CCCCC/C=C\C/C=C\CCCCCCCC(=O)OCC(COC(=O)CCCCCCC(=O)OCC(CCCC)CCCCCC)COC(=O)OCCCN(CC)CC. The van der Waals surface area contributed by atoms with Gasteiger partial charge in [-0.15, -0.1) is 0 Å². The molecular formula is C50H91NO9. The van der Waals surface area contributed by atoms with E-state index >= 15 is 0 Å². The zero-order valence-corrected chi connectivity index (χ0v) is 39.3. The second kappa shape index (κ2) is 44.2. The lowest BCUT2D eigenvalue weighted by Crippen LogP contribution is -2.27. The van der Waals surface area contributed by atoms with Crippen LogP contribution in [0.15, 0.2) is 24.3 Å². The van der Waals surface area contributed by atoms with Crippen LogP contribution in [0.3, 0.4) is 0 Å². The summed E-state index contributed by atoms with van der Waals surface area (Å²) < 4.78 is 27.3. The summed E-state index contributed by atoms with van der Waals surface area (Å²) in [5.74, 6) is -0.842. The van der Waals surface area contributed by atoms with Crippen LogP contribution >= 0.6 is 0 Å². The number of unbranched alkanes of at least 4 members (excludes halogenated alkanes) is 15. The molecule has 0 aliphatic heterocycles. The van der Waals surface area contributed by atoms with Gasteiger partial charge in [-0.05, 0) is 89.6 Å². The van der Waals surface area contributed by atoms with Gasteiger partial charge in [-0.1, -0.05) is 142 Å². The number of nitrogens with zero attached hydrogens (tertiary/aromatic N) is 1. The lowest BCUT2D eigenvalue weighted by molar-refractivity contribution is -0.150. The van der Waals surface area contributed by atoms with E-state index in [9.17, 15) is 19.2 Å². The van der Waals surface area contributed by atoms with Crippen molar-refractivity contribution in [3.63, 3.8) is 0 Å². The fraction of sp³-hybridized carbons (Fsp3) is 0.840. The fourth-order valence-electron chi connectivity index (χ4n) is 6.84. The average molecular weight is 850 g/mol. The van der Waals surface area contributed by atoms with Crippen molar-refractivity contribution in [1.29, 1.82) is 0 Å². The van der Waals surface area contributed by atoms with Crippen LogP contribution in [-0.2, 0) is 38.1 Å². The standard InChI is InChI=1S/C50H91NO9/c1-6-11-14-16-17-18-19-20-21-22-23-24-25-26-30-36-48(53)58-42-46(44-60-50(55)56-40-33-39-51(9-4)10-5)43-59-49(54)38-32-28-27-31-37-47(52)57-41-45(34-13-8-3)35-29-15-12-7-2/h17-18,20-21,45-46H,6-16,19,22-44H2,1-5H3/b18-17-,21-20-. The molecular weight excluding hydrogens is 759 g/mol. The highest BCUT2D eigenvalue weighted by molar-refractivity contribution is 5.70. The molecule has 0 N–H and O–H groups in total. The second-order valence-electron chi connectivity index (χ2n) is 16.5. The van der Waals surface area contributed by atoms with E-state index < -0.39 is 12.1 Å². The number of allylic oxidation sites excluding steroid dienone is 4. The van der Waals surface area contributed by atoms with Gasteiger partial charge in [-0.3, -0.25) is 14.4 Å². The van der Waals surface area contributed by atoms with Crippen molar-refractivity contribution in [2.45, 2.75) is 208 Å². The fourth-order valence-corrected chi connectivity index (χ4v) is 6.84. The second-order valence-corrected chi connectivity index (χ2v) is 16.5. The summed E-state index contributed by atoms with van der Waals surface area (Å²) in [6, 6.07) is 0. The highest BCUT2D eigenvalue weighted by Crippen LogP contribution is 2.19.